The number of carboxylic acids is 1. The smallest absolute Gasteiger partial charge is 0.337 e. The number of nitrogens with one attached hydrogen (secondary N) is 1. The molecule has 0 aromatic heterocycles. The van der Waals surface area contributed by atoms with E-state index in [1.54, 1.807) is 12.1 Å². The van der Waals surface area contributed by atoms with Gasteiger partial charge in [0.2, 0.25) is 0 Å². The molecule has 1 aromatic rings. The summed E-state index contributed by atoms with van der Waals surface area (Å²) < 4.78 is 0. The normalized spacial score (nSPS) is 11.6. The summed E-state index contributed by atoms with van der Waals surface area (Å²) in [6.45, 7) is 2.03. The zero-order chi connectivity index (χ0) is 12.8. The molecule has 1 atom stereocenters. The maximum Gasteiger partial charge on any atom is 0.337 e. The molecule has 1 rings (SSSR count). The van der Waals surface area contributed by atoms with Gasteiger partial charge < -0.3 is 10.4 Å². The zero-order valence-electron chi connectivity index (χ0n) is 9.53. The van der Waals surface area contributed by atoms with Crippen LogP contribution in [-0.2, 0) is 0 Å². The first-order valence-corrected chi connectivity index (χ1v) is 5.69. The number of aromatic carboxylic acids is 1. The SMILES string of the molecule is C#CCC(CC)Nc1ccc(C(=O)O)c(Cl)c1. The first kappa shape index (κ1) is 13.4. The molecule has 4 heteroatoms. The van der Waals surface area contributed by atoms with Gasteiger partial charge in [-0.3, -0.25) is 0 Å². The van der Waals surface area contributed by atoms with E-state index in [9.17, 15) is 4.79 Å². The Morgan fingerprint density at radius 1 is 1.65 bits per heavy atom. The molecular formula is C13H14ClNO2. The van der Waals surface area contributed by atoms with Crippen molar-refractivity contribution in [2.24, 2.45) is 0 Å². The van der Waals surface area contributed by atoms with Crippen LogP contribution in [0.15, 0.2) is 18.2 Å². The van der Waals surface area contributed by atoms with Crippen LogP contribution in [0.5, 0.6) is 0 Å². The van der Waals surface area contributed by atoms with E-state index in [4.69, 9.17) is 23.1 Å². The third kappa shape index (κ3) is 3.69. The maximum atomic E-state index is 10.8. The third-order valence-corrected chi connectivity index (χ3v) is 2.74. The van der Waals surface area contributed by atoms with E-state index in [-0.39, 0.29) is 16.6 Å². The van der Waals surface area contributed by atoms with Crippen molar-refractivity contribution in [2.45, 2.75) is 25.8 Å². The molecule has 3 nitrogen and oxygen atoms in total. The number of hydrogen-bond donors (Lipinski definition) is 2. The number of benzene rings is 1. The van der Waals surface area contributed by atoms with Crippen molar-refractivity contribution in [1.82, 2.24) is 0 Å². The molecule has 0 bridgehead atoms. The highest BCUT2D eigenvalue weighted by Gasteiger charge is 2.10. The Balaban J connectivity index is 2.84. The van der Waals surface area contributed by atoms with Gasteiger partial charge in [-0.1, -0.05) is 18.5 Å². The van der Waals surface area contributed by atoms with Gasteiger partial charge in [0.05, 0.1) is 10.6 Å². The number of anilines is 1. The lowest BCUT2D eigenvalue weighted by Gasteiger charge is -2.16. The Morgan fingerprint density at radius 2 is 2.35 bits per heavy atom. The van der Waals surface area contributed by atoms with Crippen LogP contribution in [-0.4, -0.2) is 17.1 Å². The summed E-state index contributed by atoms with van der Waals surface area (Å²) in [7, 11) is 0. The van der Waals surface area contributed by atoms with E-state index in [0.717, 1.165) is 12.1 Å². The quantitative estimate of drug-likeness (QED) is 0.790. The summed E-state index contributed by atoms with van der Waals surface area (Å²) in [4.78, 5) is 10.8. The van der Waals surface area contributed by atoms with Gasteiger partial charge in [0.25, 0.3) is 0 Å². The number of carbonyl (C=O) groups is 1. The summed E-state index contributed by atoms with van der Waals surface area (Å²) in [5.41, 5.74) is 0.879. The van der Waals surface area contributed by atoms with Gasteiger partial charge in [0, 0.05) is 18.2 Å². The predicted molar refractivity (Wildman–Crippen MR) is 69.6 cm³/mol. The summed E-state index contributed by atoms with van der Waals surface area (Å²) >= 11 is 5.87. The summed E-state index contributed by atoms with van der Waals surface area (Å²) in [6, 6.07) is 4.95. The average molecular weight is 252 g/mol. The molecule has 1 unspecified atom stereocenters. The molecule has 0 heterocycles. The zero-order valence-corrected chi connectivity index (χ0v) is 10.3. The van der Waals surface area contributed by atoms with Crippen molar-refractivity contribution < 1.29 is 9.90 Å². The van der Waals surface area contributed by atoms with Crippen LogP contribution in [0.3, 0.4) is 0 Å². The lowest BCUT2D eigenvalue weighted by atomic mass is 10.1. The molecule has 0 saturated carbocycles. The number of hydrogen-bond acceptors (Lipinski definition) is 2. The number of terminal acetylenes is 1. The van der Waals surface area contributed by atoms with Crippen LogP contribution < -0.4 is 5.32 Å². The van der Waals surface area contributed by atoms with Crippen LogP contribution >= 0.6 is 11.6 Å². The Bertz CT molecular complexity index is 451. The maximum absolute atomic E-state index is 10.8. The molecule has 17 heavy (non-hydrogen) atoms. The molecule has 0 saturated heterocycles. The van der Waals surface area contributed by atoms with Crippen LogP contribution in [0.1, 0.15) is 30.1 Å². The van der Waals surface area contributed by atoms with Gasteiger partial charge in [-0.05, 0) is 24.6 Å². The van der Waals surface area contributed by atoms with E-state index in [1.165, 1.54) is 6.07 Å². The fourth-order valence-electron chi connectivity index (χ4n) is 1.45. The second-order valence-corrected chi connectivity index (χ2v) is 4.06. The fourth-order valence-corrected chi connectivity index (χ4v) is 1.72. The monoisotopic (exact) mass is 251 g/mol. The molecule has 0 radical (unpaired) electrons. The van der Waals surface area contributed by atoms with Crippen LogP contribution in [0.4, 0.5) is 5.69 Å². The Hall–Kier alpha value is -1.66. The highest BCUT2D eigenvalue weighted by Crippen LogP contribution is 2.22. The second kappa shape index (κ2) is 6.17. The topological polar surface area (TPSA) is 49.3 Å². The molecule has 0 spiro atoms. The minimum absolute atomic E-state index is 0.0993. The minimum Gasteiger partial charge on any atom is -0.478 e. The molecule has 90 valence electrons. The highest BCUT2D eigenvalue weighted by atomic mass is 35.5. The molecule has 2 N–H and O–H groups in total. The van der Waals surface area contributed by atoms with E-state index in [1.807, 2.05) is 6.92 Å². The number of rotatable bonds is 5. The summed E-state index contributed by atoms with van der Waals surface area (Å²) in [6.07, 6.45) is 6.77. The molecule has 0 aliphatic rings. The third-order valence-electron chi connectivity index (χ3n) is 2.43. The van der Waals surface area contributed by atoms with Crippen LogP contribution in [0, 0.1) is 12.3 Å². The summed E-state index contributed by atoms with van der Waals surface area (Å²) in [5.74, 6) is 1.56. The lowest BCUT2D eigenvalue weighted by molar-refractivity contribution is 0.0697. The van der Waals surface area contributed by atoms with E-state index < -0.39 is 5.97 Å². The Morgan fingerprint density at radius 3 is 2.82 bits per heavy atom. The van der Waals surface area contributed by atoms with E-state index >= 15 is 0 Å². The van der Waals surface area contributed by atoms with Crippen molar-refractivity contribution in [3.63, 3.8) is 0 Å². The van der Waals surface area contributed by atoms with Gasteiger partial charge in [-0.2, -0.15) is 0 Å². The first-order chi connectivity index (χ1) is 8.08. The van der Waals surface area contributed by atoms with Crippen molar-refractivity contribution in [1.29, 1.82) is 0 Å². The average Bonchev–Trinajstić information content (AvgIpc) is 2.28. The molecule has 1 aromatic carbocycles. The van der Waals surface area contributed by atoms with Crippen molar-refractivity contribution in [3.8, 4) is 12.3 Å². The lowest BCUT2D eigenvalue weighted by Crippen LogP contribution is -2.17. The Labute approximate surface area is 106 Å². The highest BCUT2D eigenvalue weighted by molar-refractivity contribution is 6.33. The van der Waals surface area contributed by atoms with E-state index in [0.29, 0.717) is 6.42 Å². The first-order valence-electron chi connectivity index (χ1n) is 5.31. The molecular weight excluding hydrogens is 238 g/mol. The molecule has 0 aliphatic heterocycles. The number of carboxylic acid groups (broad SMARTS) is 1. The van der Waals surface area contributed by atoms with Gasteiger partial charge in [-0.25, -0.2) is 4.79 Å². The van der Waals surface area contributed by atoms with Gasteiger partial charge in [0.15, 0.2) is 0 Å². The summed E-state index contributed by atoms with van der Waals surface area (Å²) in [5, 5.41) is 12.3. The predicted octanol–water partition coefficient (Wildman–Crippen LogP) is 3.25. The molecule has 0 aliphatic carbocycles. The van der Waals surface area contributed by atoms with Crippen molar-refractivity contribution in [3.05, 3.63) is 28.8 Å². The van der Waals surface area contributed by atoms with Crippen molar-refractivity contribution >= 4 is 23.3 Å². The van der Waals surface area contributed by atoms with Crippen molar-refractivity contribution in [2.75, 3.05) is 5.32 Å². The molecule has 0 amide bonds. The van der Waals surface area contributed by atoms with Crippen LogP contribution in [0.2, 0.25) is 5.02 Å². The van der Waals surface area contributed by atoms with Gasteiger partial charge in [-0.15, -0.1) is 12.3 Å². The van der Waals surface area contributed by atoms with Gasteiger partial charge in [0.1, 0.15) is 0 Å². The van der Waals surface area contributed by atoms with Crippen LogP contribution in [0.25, 0.3) is 0 Å². The fraction of sp³-hybridized carbons (Fsp3) is 0.308. The number of halogens is 1. The molecule has 0 fully saturated rings. The standard InChI is InChI=1S/C13H14ClNO2/c1-3-5-9(4-2)15-10-6-7-11(13(16)17)12(14)8-10/h1,6-9,15H,4-5H2,2H3,(H,16,17). The largest absolute Gasteiger partial charge is 0.478 e. The van der Waals surface area contributed by atoms with Gasteiger partial charge >= 0.3 is 5.97 Å². The Kier molecular flexibility index (Phi) is 4.86. The minimum atomic E-state index is -1.03. The second-order valence-electron chi connectivity index (χ2n) is 3.66. The van der Waals surface area contributed by atoms with E-state index in [2.05, 4.69) is 11.2 Å².